The second-order valence-corrected chi connectivity index (χ2v) is 2.42. The van der Waals surface area contributed by atoms with Gasteiger partial charge in [0, 0.05) is 17.7 Å². The van der Waals surface area contributed by atoms with Crippen LogP contribution in [0.25, 0.3) is 0 Å². The number of benzene rings is 1. The lowest BCUT2D eigenvalue weighted by molar-refractivity contribution is 0.578. The summed E-state index contributed by atoms with van der Waals surface area (Å²) in [4.78, 5) is 3.51. The summed E-state index contributed by atoms with van der Waals surface area (Å²) < 4.78 is 25.4. The second kappa shape index (κ2) is 3.52. The van der Waals surface area contributed by atoms with Crippen LogP contribution in [-0.2, 0) is 0 Å². The Labute approximate surface area is 73.7 Å². The van der Waals surface area contributed by atoms with Gasteiger partial charge in [0.1, 0.15) is 11.6 Å². The van der Waals surface area contributed by atoms with E-state index in [0.717, 1.165) is 12.1 Å². The molecule has 0 bridgehead atoms. The number of rotatable bonds is 1. The molecule has 12 heavy (non-hydrogen) atoms. The highest BCUT2D eigenvalue weighted by Gasteiger charge is 2.05. The highest BCUT2D eigenvalue weighted by atomic mass is 32.1. The Hall–Kier alpha value is -1.12. The molecule has 1 rings (SSSR count). The van der Waals surface area contributed by atoms with Crippen LogP contribution in [0.2, 0.25) is 0 Å². The Morgan fingerprint density at radius 2 is 2.08 bits per heavy atom. The zero-order valence-electron chi connectivity index (χ0n) is 6.27. The van der Waals surface area contributed by atoms with Gasteiger partial charge in [0.25, 0.3) is 0 Å². The van der Waals surface area contributed by atoms with Gasteiger partial charge in [0.15, 0.2) is 0 Å². The van der Waals surface area contributed by atoms with Crippen LogP contribution in [0, 0.1) is 18.6 Å². The molecule has 0 aliphatic heterocycles. The first kappa shape index (κ1) is 8.97. The van der Waals surface area contributed by atoms with Crippen LogP contribution in [0.5, 0.6) is 0 Å². The van der Waals surface area contributed by atoms with E-state index in [-0.39, 0.29) is 11.3 Å². The molecule has 0 saturated carbocycles. The minimum atomic E-state index is -0.665. The Kier molecular flexibility index (Phi) is 2.63. The van der Waals surface area contributed by atoms with Crippen molar-refractivity contribution in [3.05, 3.63) is 29.3 Å². The summed E-state index contributed by atoms with van der Waals surface area (Å²) in [7, 11) is 0. The molecule has 0 heterocycles. The summed E-state index contributed by atoms with van der Waals surface area (Å²) in [6, 6.07) is 1.91. The van der Waals surface area contributed by atoms with Crippen LogP contribution in [0.1, 0.15) is 5.56 Å². The number of hydrogen-bond acceptors (Lipinski definition) is 2. The monoisotopic (exact) mass is 185 g/mol. The maximum Gasteiger partial charge on any atom is 0.131 e. The van der Waals surface area contributed by atoms with Gasteiger partial charge >= 0.3 is 0 Å². The smallest absolute Gasteiger partial charge is 0.131 e. The summed E-state index contributed by atoms with van der Waals surface area (Å²) >= 11 is 4.32. The summed E-state index contributed by atoms with van der Waals surface area (Å²) in [5, 5.41) is 2.05. The van der Waals surface area contributed by atoms with E-state index < -0.39 is 11.6 Å². The van der Waals surface area contributed by atoms with E-state index in [2.05, 4.69) is 22.4 Å². The number of isothiocyanates is 1. The van der Waals surface area contributed by atoms with E-state index in [1.165, 1.54) is 6.92 Å². The molecule has 0 aromatic heterocycles. The average molecular weight is 185 g/mol. The van der Waals surface area contributed by atoms with Crippen molar-refractivity contribution in [2.45, 2.75) is 6.92 Å². The number of nitrogens with zero attached hydrogens (tertiary/aromatic N) is 1. The lowest BCUT2D eigenvalue weighted by atomic mass is 10.2. The van der Waals surface area contributed by atoms with Crippen LogP contribution in [0.4, 0.5) is 14.5 Å². The molecule has 0 spiro atoms. The number of aliphatic imine (C=N–C) groups is 1. The van der Waals surface area contributed by atoms with Crippen molar-refractivity contribution in [2.24, 2.45) is 4.99 Å². The largest absolute Gasteiger partial charge is 0.207 e. The normalized spacial score (nSPS) is 9.25. The van der Waals surface area contributed by atoms with Crippen molar-refractivity contribution in [1.82, 2.24) is 0 Å². The van der Waals surface area contributed by atoms with Crippen molar-refractivity contribution < 1.29 is 8.78 Å². The van der Waals surface area contributed by atoms with Crippen molar-refractivity contribution in [3.63, 3.8) is 0 Å². The summed E-state index contributed by atoms with van der Waals surface area (Å²) in [6.07, 6.45) is 0. The fraction of sp³-hybridized carbons (Fsp3) is 0.125. The predicted molar refractivity (Wildman–Crippen MR) is 45.8 cm³/mol. The van der Waals surface area contributed by atoms with Crippen LogP contribution >= 0.6 is 12.2 Å². The van der Waals surface area contributed by atoms with E-state index in [1.54, 1.807) is 0 Å². The Balaban J connectivity index is 3.36. The third kappa shape index (κ3) is 1.72. The minimum Gasteiger partial charge on any atom is -0.207 e. The van der Waals surface area contributed by atoms with E-state index >= 15 is 0 Å². The molecule has 0 aliphatic rings. The molecular weight excluding hydrogens is 180 g/mol. The van der Waals surface area contributed by atoms with Gasteiger partial charge in [-0.15, -0.1) is 0 Å². The fourth-order valence-electron chi connectivity index (χ4n) is 0.797. The van der Waals surface area contributed by atoms with Gasteiger partial charge in [-0.1, -0.05) is 0 Å². The first-order valence-electron chi connectivity index (χ1n) is 3.18. The molecule has 0 radical (unpaired) electrons. The van der Waals surface area contributed by atoms with E-state index in [4.69, 9.17) is 0 Å². The van der Waals surface area contributed by atoms with Gasteiger partial charge in [-0.25, -0.2) is 8.78 Å². The highest BCUT2D eigenvalue weighted by Crippen LogP contribution is 2.21. The molecule has 1 aromatic rings. The van der Waals surface area contributed by atoms with Gasteiger partial charge in [-0.2, -0.15) is 4.99 Å². The Bertz CT molecular complexity index is 356. The van der Waals surface area contributed by atoms with Crippen LogP contribution in [0.3, 0.4) is 0 Å². The zero-order valence-corrected chi connectivity index (χ0v) is 7.08. The zero-order chi connectivity index (χ0) is 9.14. The molecule has 0 fully saturated rings. The van der Waals surface area contributed by atoms with Crippen molar-refractivity contribution in [3.8, 4) is 0 Å². The van der Waals surface area contributed by atoms with E-state index in [1.807, 2.05) is 0 Å². The highest BCUT2D eigenvalue weighted by molar-refractivity contribution is 7.78. The van der Waals surface area contributed by atoms with Gasteiger partial charge in [0.2, 0.25) is 0 Å². The fourth-order valence-corrected chi connectivity index (χ4v) is 0.896. The number of thiocarbonyl (C=S) groups is 1. The second-order valence-electron chi connectivity index (χ2n) is 2.23. The third-order valence-corrected chi connectivity index (χ3v) is 1.54. The number of halogens is 2. The van der Waals surface area contributed by atoms with Crippen LogP contribution in [0.15, 0.2) is 17.1 Å². The maximum atomic E-state index is 12.8. The molecule has 0 saturated heterocycles. The molecule has 0 atom stereocenters. The van der Waals surface area contributed by atoms with E-state index in [9.17, 15) is 8.78 Å². The molecular formula is C8H5F2NS. The Morgan fingerprint density at radius 1 is 1.42 bits per heavy atom. The predicted octanol–water partition coefficient (Wildman–Crippen LogP) is 3.01. The number of hydrogen-bond donors (Lipinski definition) is 0. The SMILES string of the molecule is Cc1c(F)cc(F)cc1N=C=S. The Morgan fingerprint density at radius 3 is 2.67 bits per heavy atom. The quantitative estimate of drug-likeness (QED) is 0.484. The third-order valence-electron chi connectivity index (χ3n) is 1.45. The van der Waals surface area contributed by atoms with Gasteiger partial charge in [0.05, 0.1) is 10.8 Å². The molecule has 0 aliphatic carbocycles. The van der Waals surface area contributed by atoms with Crippen molar-refractivity contribution in [2.75, 3.05) is 0 Å². The lowest BCUT2D eigenvalue weighted by Gasteiger charge is -1.99. The van der Waals surface area contributed by atoms with Gasteiger partial charge in [-0.3, -0.25) is 0 Å². The minimum absolute atomic E-state index is 0.183. The summed E-state index contributed by atoms with van der Waals surface area (Å²) in [6.45, 7) is 1.50. The lowest BCUT2D eigenvalue weighted by Crippen LogP contribution is -1.85. The summed E-state index contributed by atoms with van der Waals surface area (Å²) in [5.41, 5.74) is 0.455. The molecule has 0 N–H and O–H groups in total. The molecule has 0 amide bonds. The first-order chi connectivity index (χ1) is 5.65. The molecule has 1 aromatic carbocycles. The van der Waals surface area contributed by atoms with Crippen molar-refractivity contribution in [1.29, 1.82) is 0 Å². The maximum absolute atomic E-state index is 12.8. The molecule has 0 unspecified atom stereocenters. The standard InChI is InChI=1S/C8H5F2NS/c1-5-7(10)2-6(9)3-8(5)11-4-12/h2-3H,1H3. The van der Waals surface area contributed by atoms with Crippen LogP contribution in [-0.4, -0.2) is 5.16 Å². The molecule has 1 nitrogen and oxygen atoms in total. The molecule has 4 heteroatoms. The van der Waals surface area contributed by atoms with Crippen molar-refractivity contribution >= 4 is 23.1 Å². The summed E-state index contributed by atoms with van der Waals surface area (Å²) in [5.74, 6) is -1.29. The van der Waals surface area contributed by atoms with Gasteiger partial charge < -0.3 is 0 Å². The van der Waals surface area contributed by atoms with Gasteiger partial charge in [-0.05, 0) is 19.1 Å². The average Bonchev–Trinajstić information content (AvgIpc) is 2.00. The van der Waals surface area contributed by atoms with Crippen LogP contribution < -0.4 is 0 Å². The van der Waals surface area contributed by atoms with E-state index in [0.29, 0.717) is 0 Å². The molecule has 62 valence electrons. The topological polar surface area (TPSA) is 12.4 Å². The first-order valence-corrected chi connectivity index (χ1v) is 3.59.